The number of hydrogen-bond donors (Lipinski definition) is 0. The van der Waals surface area contributed by atoms with Crippen molar-refractivity contribution in [3.05, 3.63) is 78.1 Å². The molecular formula is C20H23N5. The van der Waals surface area contributed by atoms with Crippen molar-refractivity contribution in [2.45, 2.75) is 31.8 Å². The van der Waals surface area contributed by atoms with Gasteiger partial charge in [-0.25, -0.2) is 0 Å². The molecule has 4 rings (SSSR count). The van der Waals surface area contributed by atoms with Gasteiger partial charge >= 0.3 is 0 Å². The molecule has 0 radical (unpaired) electrons. The molecule has 3 heterocycles. The van der Waals surface area contributed by atoms with E-state index >= 15 is 0 Å². The molecule has 0 aliphatic carbocycles. The van der Waals surface area contributed by atoms with E-state index in [1.54, 1.807) is 0 Å². The number of likely N-dealkylation sites (tertiary alicyclic amines) is 1. The highest BCUT2D eigenvalue weighted by Gasteiger charge is 2.25. The lowest BCUT2D eigenvalue weighted by molar-refractivity contribution is 0.194. The molecule has 5 nitrogen and oxygen atoms in total. The van der Waals surface area contributed by atoms with E-state index in [0.29, 0.717) is 5.92 Å². The van der Waals surface area contributed by atoms with Crippen LogP contribution in [-0.2, 0) is 13.1 Å². The van der Waals surface area contributed by atoms with Gasteiger partial charge in [0.1, 0.15) is 12.2 Å². The van der Waals surface area contributed by atoms with Gasteiger partial charge in [-0.05, 0) is 36.6 Å². The summed E-state index contributed by atoms with van der Waals surface area (Å²) in [5.74, 6) is 1.55. The lowest BCUT2D eigenvalue weighted by Crippen LogP contribution is -2.35. The second kappa shape index (κ2) is 7.57. The maximum Gasteiger partial charge on any atom is 0.137 e. The summed E-state index contributed by atoms with van der Waals surface area (Å²) in [5.41, 5.74) is 2.56. The first-order chi connectivity index (χ1) is 12.4. The van der Waals surface area contributed by atoms with Crippen molar-refractivity contribution in [2.75, 3.05) is 13.1 Å². The second-order valence-electron chi connectivity index (χ2n) is 6.74. The average molecular weight is 333 g/mol. The number of pyridine rings is 1. The minimum atomic E-state index is 0.441. The number of nitrogens with zero attached hydrogens (tertiary/aromatic N) is 5. The highest BCUT2D eigenvalue weighted by molar-refractivity contribution is 5.16. The van der Waals surface area contributed by atoms with Crippen molar-refractivity contribution >= 4 is 0 Å². The SMILES string of the molecule is c1ccc(Cn2cnnc2[C@H]2CCCN(Cc3cccnc3)C2)cc1. The highest BCUT2D eigenvalue weighted by atomic mass is 15.3. The lowest BCUT2D eigenvalue weighted by Gasteiger charge is -2.32. The van der Waals surface area contributed by atoms with E-state index < -0.39 is 0 Å². The van der Waals surface area contributed by atoms with Crippen LogP contribution in [0.1, 0.15) is 35.7 Å². The molecule has 0 N–H and O–H groups in total. The fraction of sp³-hybridized carbons (Fsp3) is 0.350. The molecule has 0 bridgehead atoms. The molecule has 1 aliphatic rings. The zero-order valence-electron chi connectivity index (χ0n) is 14.3. The Labute approximate surface area is 148 Å². The van der Waals surface area contributed by atoms with Crippen LogP contribution >= 0.6 is 0 Å². The van der Waals surface area contributed by atoms with E-state index in [2.05, 4.69) is 55.0 Å². The predicted octanol–water partition coefficient (Wildman–Crippen LogP) is 3.10. The standard InChI is InChI=1S/C20H23N5/c1-2-6-17(7-3-1)14-25-16-22-23-20(25)19-9-5-11-24(15-19)13-18-8-4-10-21-12-18/h1-4,6-8,10,12,16,19H,5,9,11,13-15H2/t19-/m0/s1. The Hall–Kier alpha value is -2.53. The van der Waals surface area contributed by atoms with Crippen molar-refractivity contribution < 1.29 is 0 Å². The summed E-state index contributed by atoms with van der Waals surface area (Å²) in [4.78, 5) is 6.73. The van der Waals surface area contributed by atoms with E-state index in [-0.39, 0.29) is 0 Å². The summed E-state index contributed by atoms with van der Waals surface area (Å²) >= 11 is 0. The first-order valence-corrected chi connectivity index (χ1v) is 8.91. The van der Waals surface area contributed by atoms with Crippen LogP contribution < -0.4 is 0 Å². The average Bonchev–Trinajstić information content (AvgIpc) is 3.12. The summed E-state index contributed by atoms with van der Waals surface area (Å²) in [6, 6.07) is 14.7. The molecule has 1 aliphatic heterocycles. The summed E-state index contributed by atoms with van der Waals surface area (Å²) in [7, 11) is 0. The smallest absolute Gasteiger partial charge is 0.137 e. The van der Waals surface area contributed by atoms with Crippen LogP contribution in [0.3, 0.4) is 0 Å². The molecule has 1 aromatic carbocycles. The maximum absolute atomic E-state index is 4.45. The summed E-state index contributed by atoms with van der Waals surface area (Å²) in [6.45, 7) is 3.96. The number of rotatable bonds is 5. The normalized spacial score (nSPS) is 18.3. The van der Waals surface area contributed by atoms with Gasteiger partial charge in [-0.1, -0.05) is 36.4 Å². The lowest BCUT2D eigenvalue weighted by atomic mass is 9.96. The number of hydrogen-bond acceptors (Lipinski definition) is 4. The quantitative estimate of drug-likeness (QED) is 0.720. The van der Waals surface area contributed by atoms with Crippen LogP contribution in [0.15, 0.2) is 61.2 Å². The Morgan fingerprint density at radius 2 is 1.88 bits per heavy atom. The number of piperidine rings is 1. The third kappa shape index (κ3) is 3.94. The van der Waals surface area contributed by atoms with E-state index in [9.17, 15) is 0 Å². The monoisotopic (exact) mass is 333 g/mol. The van der Waals surface area contributed by atoms with Crippen LogP contribution in [0.2, 0.25) is 0 Å². The van der Waals surface area contributed by atoms with Crippen molar-refractivity contribution in [3.8, 4) is 0 Å². The first-order valence-electron chi connectivity index (χ1n) is 8.91. The van der Waals surface area contributed by atoms with E-state index in [0.717, 1.165) is 32.0 Å². The van der Waals surface area contributed by atoms with Crippen molar-refractivity contribution in [2.24, 2.45) is 0 Å². The van der Waals surface area contributed by atoms with Gasteiger partial charge in [-0.3, -0.25) is 9.88 Å². The molecule has 3 aromatic rings. The van der Waals surface area contributed by atoms with Crippen LogP contribution in [-0.4, -0.2) is 37.7 Å². The van der Waals surface area contributed by atoms with Crippen LogP contribution in [0.5, 0.6) is 0 Å². The predicted molar refractivity (Wildman–Crippen MR) is 97.1 cm³/mol. The number of benzene rings is 1. The fourth-order valence-electron chi connectivity index (χ4n) is 3.64. The van der Waals surface area contributed by atoms with Crippen LogP contribution in [0.4, 0.5) is 0 Å². The van der Waals surface area contributed by atoms with Crippen molar-refractivity contribution in [1.29, 1.82) is 0 Å². The Bertz CT molecular complexity index is 784. The van der Waals surface area contributed by atoms with Gasteiger partial charge in [0.25, 0.3) is 0 Å². The summed E-state index contributed by atoms with van der Waals surface area (Å²) in [6.07, 6.45) is 8.03. The van der Waals surface area contributed by atoms with E-state index in [1.165, 1.54) is 24.0 Å². The first kappa shape index (κ1) is 16.0. The minimum Gasteiger partial charge on any atom is -0.313 e. The molecule has 0 unspecified atom stereocenters. The van der Waals surface area contributed by atoms with Gasteiger partial charge < -0.3 is 4.57 Å². The van der Waals surface area contributed by atoms with Crippen molar-refractivity contribution in [3.63, 3.8) is 0 Å². The third-order valence-electron chi connectivity index (χ3n) is 4.84. The van der Waals surface area contributed by atoms with Gasteiger partial charge in [0.2, 0.25) is 0 Å². The highest BCUT2D eigenvalue weighted by Crippen LogP contribution is 2.26. The fourth-order valence-corrected chi connectivity index (χ4v) is 3.64. The second-order valence-corrected chi connectivity index (χ2v) is 6.74. The van der Waals surface area contributed by atoms with Crippen LogP contribution in [0, 0.1) is 0 Å². The topological polar surface area (TPSA) is 46.8 Å². The Balaban J connectivity index is 1.46. The Kier molecular flexibility index (Phi) is 4.84. The molecule has 128 valence electrons. The molecule has 0 amide bonds. The zero-order chi connectivity index (χ0) is 16.9. The molecule has 5 heteroatoms. The number of aromatic nitrogens is 4. The van der Waals surface area contributed by atoms with Crippen molar-refractivity contribution in [1.82, 2.24) is 24.6 Å². The molecule has 1 fully saturated rings. The Morgan fingerprint density at radius 1 is 1.00 bits per heavy atom. The zero-order valence-corrected chi connectivity index (χ0v) is 14.3. The van der Waals surface area contributed by atoms with Gasteiger partial charge in [-0.2, -0.15) is 0 Å². The Morgan fingerprint density at radius 3 is 2.72 bits per heavy atom. The molecule has 25 heavy (non-hydrogen) atoms. The van der Waals surface area contributed by atoms with Gasteiger partial charge in [0, 0.05) is 31.4 Å². The molecule has 1 atom stereocenters. The minimum absolute atomic E-state index is 0.441. The van der Waals surface area contributed by atoms with E-state index in [1.807, 2.05) is 30.9 Å². The van der Waals surface area contributed by atoms with Gasteiger partial charge in [0.15, 0.2) is 0 Å². The third-order valence-corrected chi connectivity index (χ3v) is 4.84. The largest absolute Gasteiger partial charge is 0.313 e. The summed E-state index contributed by atoms with van der Waals surface area (Å²) < 4.78 is 2.20. The van der Waals surface area contributed by atoms with Gasteiger partial charge in [-0.15, -0.1) is 10.2 Å². The molecule has 0 saturated carbocycles. The maximum atomic E-state index is 4.45. The molecule has 1 saturated heterocycles. The molecule has 0 spiro atoms. The molecule has 2 aromatic heterocycles. The van der Waals surface area contributed by atoms with E-state index in [4.69, 9.17) is 0 Å². The van der Waals surface area contributed by atoms with Crippen LogP contribution in [0.25, 0.3) is 0 Å². The summed E-state index contributed by atoms with van der Waals surface area (Å²) in [5, 5.41) is 8.64. The molecular weight excluding hydrogens is 310 g/mol. The van der Waals surface area contributed by atoms with Gasteiger partial charge in [0.05, 0.1) is 6.54 Å².